The van der Waals surface area contributed by atoms with Crippen molar-refractivity contribution in [2.75, 3.05) is 0 Å². The van der Waals surface area contributed by atoms with Gasteiger partial charge in [0.2, 0.25) is 0 Å². The number of benzene rings is 1. The Hall–Kier alpha value is -1.48. The van der Waals surface area contributed by atoms with Gasteiger partial charge in [-0.1, -0.05) is 17.7 Å². The number of rotatable bonds is 2. The lowest BCUT2D eigenvalue weighted by Gasteiger charge is -2.04. The van der Waals surface area contributed by atoms with Crippen LogP contribution in [-0.4, -0.2) is 15.6 Å². The van der Waals surface area contributed by atoms with Crippen LogP contribution < -0.4 is 0 Å². The number of aliphatic carboxylic acids is 1. The highest BCUT2D eigenvalue weighted by atomic mass is 35.5. The third-order valence-corrected chi connectivity index (χ3v) is 2.72. The molecule has 1 N–H and O–H groups in total. The number of carboxylic acids is 1. The van der Waals surface area contributed by atoms with Crippen LogP contribution in [0.4, 0.5) is 0 Å². The Kier molecular flexibility index (Phi) is 2.40. The topological polar surface area (TPSA) is 42.2 Å². The summed E-state index contributed by atoms with van der Waals surface area (Å²) in [5.41, 5.74) is 1.77. The van der Waals surface area contributed by atoms with E-state index in [-0.39, 0.29) is 6.54 Å². The van der Waals surface area contributed by atoms with E-state index in [4.69, 9.17) is 16.7 Å². The van der Waals surface area contributed by atoms with E-state index in [0.717, 1.165) is 16.6 Å². The van der Waals surface area contributed by atoms with Gasteiger partial charge >= 0.3 is 5.97 Å². The molecule has 0 spiro atoms. The van der Waals surface area contributed by atoms with Gasteiger partial charge < -0.3 is 9.67 Å². The molecule has 15 heavy (non-hydrogen) atoms. The fourth-order valence-corrected chi connectivity index (χ4v) is 1.95. The van der Waals surface area contributed by atoms with Crippen LogP contribution in [0.2, 0.25) is 5.02 Å². The van der Waals surface area contributed by atoms with E-state index in [1.54, 1.807) is 10.6 Å². The quantitative estimate of drug-likeness (QED) is 0.851. The van der Waals surface area contributed by atoms with Gasteiger partial charge in [0.1, 0.15) is 6.54 Å². The molecule has 2 rings (SSSR count). The van der Waals surface area contributed by atoms with Crippen molar-refractivity contribution < 1.29 is 9.90 Å². The van der Waals surface area contributed by atoms with E-state index in [1.165, 1.54) is 0 Å². The summed E-state index contributed by atoms with van der Waals surface area (Å²) in [6.07, 6.45) is 0. The number of halogens is 1. The van der Waals surface area contributed by atoms with Crippen LogP contribution in [0.3, 0.4) is 0 Å². The second-order valence-electron chi connectivity index (χ2n) is 3.44. The van der Waals surface area contributed by atoms with Gasteiger partial charge in [0.15, 0.2) is 0 Å². The van der Waals surface area contributed by atoms with Crippen LogP contribution in [0.25, 0.3) is 10.9 Å². The lowest BCUT2D eigenvalue weighted by Crippen LogP contribution is -2.09. The Morgan fingerprint density at radius 1 is 1.53 bits per heavy atom. The first kappa shape index (κ1) is 10.1. The predicted molar refractivity (Wildman–Crippen MR) is 59.3 cm³/mol. The van der Waals surface area contributed by atoms with Gasteiger partial charge in [-0.3, -0.25) is 4.79 Å². The fraction of sp³-hybridized carbons (Fsp3) is 0.182. The highest BCUT2D eigenvalue weighted by Crippen LogP contribution is 2.26. The van der Waals surface area contributed by atoms with Crippen molar-refractivity contribution in [1.29, 1.82) is 0 Å². The summed E-state index contributed by atoms with van der Waals surface area (Å²) in [6, 6.07) is 7.40. The average Bonchev–Trinajstić information content (AvgIpc) is 2.45. The molecule has 0 aliphatic heterocycles. The van der Waals surface area contributed by atoms with Gasteiger partial charge in [-0.15, -0.1) is 0 Å². The summed E-state index contributed by atoms with van der Waals surface area (Å²) >= 11 is 6.02. The molecule has 1 aromatic heterocycles. The molecule has 0 saturated heterocycles. The number of carbonyl (C=O) groups is 1. The minimum Gasteiger partial charge on any atom is -0.480 e. The summed E-state index contributed by atoms with van der Waals surface area (Å²) in [5, 5.41) is 10.3. The molecule has 0 unspecified atom stereocenters. The number of aromatic nitrogens is 1. The van der Waals surface area contributed by atoms with Crippen LogP contribution in [0, 0.1) is 6.92 Å². The molecule has 0 bridgehead atoms. The predicted octanol–water partition coefficient (Wildman–Crippen LogP) is 2.69. The van der Waals surface area contributed by atoms with Gasteiger partial charge in [-0.05, 0) is 25.1 Å². The standard InChI is InChI=1S/C11H10ClNO2/c1-7-5-8-9(12)3-2-4-10(8)13(7)6-11(14)15/h2-5H,6H2,1H3,(H,14,15). The van der Waals surface area contributed by atoms with Crippen LogP contribution >= 0.6 is 11.6 Å². The molecule has 0 atom stereocenters. The number of hydrogen-bond acceptors (Lipinski definition) is 1. The molecule has 2 aromatic rings. The molecule has 1 aromatic carbocycles. The average molecular weight is 224 g/mol. The van der Waals surface area contributed by atoms with Crippen molar-refractivity contribution in [2.45, 2.75) is 13.5 Å². The van der Waals surface area contributed by atoms with E-state index >= 15 is 0 Å². The van der Waals surface area contributed by atoms with Crippen LogP contribution in [0.15, 0.2) is 24.3 Å². The zero-order valence-electron chi connectivity index (χ0n) is 8.20. The zero-order valence-corrected chi connectivity index (χ0v) is 8.95. The van der Waals surface area contributed by atoms with E-state index in [0.29, 0.717) is 5.02 Å². The molecular weight excluding hydrogens is 214 g/mol. The summed E-state index contributed by atoms with van der Waals surface area (Å²) in [5.74, 6) is -0.851. The Balaban J connectivity index is 2.68. The van der Waals surface area contributed by atoms with Crippen molar-refractivity contribution >= 4 is 28.5 Å². The number of carboxylic acid groups (broad SMARTS) is 1. The van der Waals surface area contributed by atoms with E-state index < -0.39 is 5.97 Å². The summed E-state index contributed by atoms with van der Waals surface area (Å²) in [6.45, 7) is 1.84. The van der Waals surface area contributed by atoms with Gasteiger partial charge in [-0.25, -0.2) is 0 Å². The fourth-order valence-electron chi connectivity index (χ4n) is 1.73. The van der Waals surface area contributed by atoms with E-state index in [1.807, 2.05) is 25.1 Å². The van der Waals surface area contributed by atoms with Crippen LogP contribution in [0.5, 0.6) is 0 Å². The first-order valence-electron chi connectivity index (χ1n) is 4.56. The second-order valence-corrected chi connectivity index (χ2v) is 3.85. The zero-order chi connectivity index (χ0) is 11.0. The monoisotopic (exact) mass is 223 g/mol. The molecule has 78 valence electrons. The molecule has 0 aliphatic carbocycles. The van der Waals surface area contributed by atoms with Gasteiger partial charge in [-0.2, -0.15) is 0 Å². The Bertz CT molecular complexity index is 531. The van der Waals surface area contributed by atoms with E-state index in [2.05, 4.69) is 0 Å². The molecule has 0 aliphatic rings. The maximum atomic E-state index is 10.7. The van der Waals surface area contributed by atoms with E-state index in [9.17, 15) is 4.79 Å². The number of nitrogens with zero attached hydrogens (tertiary/aromatic N) is 1. The molecule has 4 heteroatoms. The van der Waals surface area contributed by atoms with Gasteiger partial charge in [0.25, 0.3) is 0 Å². The molecule has 0 saturated carbocycles. The number of fused-ring (bicyclic) bond motifs is 1. The Morgan fingerprint density at radius 2 is 2.27 bits per heavy atom. The van der Waals surface area contributed by atoms with Crippen molar-refractivity contribution in [3.8, 4) is 0 Å². The lowest BCUT2D eigenvalue weighted by molar-refractivity contribution is -0.137. The summed E-state index contributed by atoms with van der Waals surface area (Å²) in [7, 11) is 0. The van der Waals surface area contributed by atoms with Crippen molar-refractivity contribution in [3.63, 3.8) is 0 Å². The maximum Gasteiger partial charge on any atom is 0.323 e. The maximum absolute atomic E-state index is 10.7. The Labute approximate surface area is 91.9 Å². The molecule has 3 nitrogen and oxygen atoms in total. The minimum absolute atomic E-state index is 0.0321. The summed E-state index contributed by atoms with van der Waals surface area (Å²) in [4.78, 5) is 10.7. The molecule has 0 fully saturated rings. The summed E-state index contributed by atoms with van der Waals surface area (Å²) < 4.78 is 1.74. The third-order valence-electron chi connectivity index (χ3n) is 2.39. The van der Waals surface area contributed by atoms with Crippen molar-refractivity contribution in [3.05, 3.63) is 35.0 Å². The second kappa shape index (κ2) is 3.59. The van der Waals surface area contributed by atoms with Crippen LogP contribution in [-0.2, 0) is 11.3 Å². The highest BCUT2D eigenvalue weighted by molar-refractivity contribution is 6.35. The lowest BCUT2D eigenvalue weighted by atomic mass is 10.2. The number of hydrogen-bond donors (Lipinski definition) is 1. The normalized spacial score (nSPS) is 10.8. The molecule has 0 amide bonds. The largest absolute Gasteiger partial charge is 0.480 e. The Morgan fingerprint density at radius 3 is 2.93 bits per heavy atom. The highest BCUT2D eigenvalue weighted by Gasteiger charge is 2.09. The molecule has 1 heterocycles. The van der Waals surface area contributed by atoms with Crippen molar-refractivity contribution in [2.24, 2.45) is 0 Å². The third kappa shape index (κ3) is 1.70. The minimum atomic E-state index is -0.851. The SMILES string of the molecule is Cc1cc2c(Cl)cccc2n1CC(=O)O. The van der Waals surface area contributed by atoms with Crippen molar-refractivity contribution in [1.82, 2.24) is 4.57 Å². The molecule has 0 radical (unpaired) electrons. The smallest absolute Gasteiger partial charge is 0.323 e. The van der Waals surface area contributed by atoms with Gasteiger partial charge in [0.05, 0.1) is 5.52 Å². The first-order chi connectivity index (χ1) is 7.09. The molecular formula is C11H10ClNO2. The van der Waals surface area contributed by atoms with Crippen LogP contribution in [0.1, 0.15) is 5.69 Å². The van der Waals surface area contributed by atoms with Gasteiger partial charge in [0, 0.05) is 16.1 Å². The number of aryl methyl sites for hydroxylation is 1. The first-order valence-corrected chi connectivity index (χ1v) is 4.93.